The third kappa shape index (κ3) is 5.62. The third-order valence-corrected chi connectivity index (χ3v) is 6.40. The van der Waals surface area contributed by atoms with Crippen LogP contribution in [0.25, 0.3) is 0 Å². The molecule has 0 aromatic heterocycles. The van der Waals surface area contributed by atoms with Gasteiger partial charge >= 0.3 is 0 Å². The highest BCUT2D eigenvalue weighted by atomic mass is 32.2. The van der Waals surface area contributed by atoms with Crippen LogP contribution in [0, 0.1) is 13.8 Å². The van der Waals surface area contributed by atoms with Gasteiger partial charge < -0.3 is 4.74 Å². The molecule has 0 spiro atoms. The van der Waals surface area contributed by atoms with E-state index in [1.54, 1.807) is 38.1 Å². The van der Waals surface area contributed by atoms with Crippen molar-refractivity contribution in [3.05, 3.63) is 58.7 Å². The lowest BCUT2D eigenvalue weighted by molar-refractivity contribution is 0.187. The van der Waals surface area contributed by atoms with Gasteiger partial charge in [-0.25, -0.2) is 0 Å². The lowest BCUT2D eigenvalue weighted by Gasteiger charge is -2.21. The first kappa shape index (κ1) is 22.5. The molecule has 0 heterocycles. The maximum atomic E-state index is 11.9. The molecule has 0 fully saturated rings. The zero-order valence-electron chi connectivity index (χ0n) is 15.9. The van der Waals surface area contributed by atoms with E-state index < -0.39 is 26.2 Å². The molecule has 0 radical (unpaired) electrons. The molecular weight excluding hydrogens is 404 g/mol. The molecule has 154 valence electrons. The highest BCUT2D eigenvalue weighted by Crippen LogP contribution is 2.33. The maximum Gasteiger partial charge on any atom is 0.294 e. The van der Waals surface area contributed by atoms with E-state index in [9.17, 15) is 25.9 Å². The maximum absolute atomic E-state index is 11.9. The number of aryl methyl sites for hydroxylation is 2. The molecular formula is C19H24O7S2. The van der Waals surface area contributed by atoms with Crippen LogP contribution in [0.4, 0.5) is 0 Å². The van der Waals surface area contributed by atoms with E-state index in [0.717, 1.165) is 11.1 Å². The second-order valence-electron chi connectivity index (χ2n) is 6.79. The van der Waals surface area contributed by atoms with Gasteiger partial charge in [-0.1, -0.05) is 35.4 Å². The number of ether oxygens (including phenoxy) is 1. The fraction of sp³-hybridized carbons (Fsp3) is 0.368. The van der Waals surface area contributed by atoms with Gasteiger partial charge in [0.15, 0.2) is 0 Å². The molecule has 2 aromatic rings. The molecule has 0 aliphatic heterocycles. The lowest BCUT2D eigenvalue weighted by Crippen LogP contribution is -2.14. The van der Waals surface area contributed by atoms with E-state index in [4.69, 9.17) is 4.74 Å². The Hall–Kier alpha value is -1.78. The summed E-state index contributed by atoms with van der Waals surface area (Å²) in [5.74, 6) is -0.459. The van der Waals surface area contributed by atoms with Crippen LogP contribution in [0.2, 0.25) is 0 Å². The lowest BCUT2D eigenvalue weighted by atomic mass is 9.88. The summed E-state index contributed by atoms with van der Waals surface area (Å²) >= 11 is 0. The molecule has 1 atom stereocenters. The molecule has 9 heteroatoms. The summed E-state index contributed by atoms with van der Waals surface area (Å²) in [5, 5.41) is 0. The Morgan fingerprint density at radius 3 is 1.96 bits per heavy atom. The van der Waals surface area contributed by atoms with Crippen LogP contribution in [0.3, 0.4) is 0 Å². The fourth-order valence-corrected chi connectivity index (χ4v) is 4.71. The first-order valence-electron chi connectivity index (χ1n) is 8.57. The van der Waals surface area contributed by atoms with Gasteiger partial charge in [-0.05, 0) is 55.9 Å². The second kappa shape index (κ2) is 8.71. The second-order valence-corrected chi connectivity index (χ2v) is 9.57. The Bertz CT molecular complexity index is 1060. The van der Waals surface area contributed by atoms with E-state index in [-0.39, 0.29) is 16.2 Å². The molecule has 0 bridgehead atoms. The molecule has 0 amide bonds. The highest BCUT2D eigenvalue weighted by molar-refractivity contribution is 7.86. The molecule has 0 aliphatic carbocycles. The van der Waals surface area contributed by atoms with Crippen LogP contribution in [0.5, 0.6) is 0 Å². The third-order valence-electron chi connectivity index (χ3n) is 4.51. The first-order chi connectivity index (χ1) is 12.9. The average Bonchev–Trinajstić information content (AvgIpc) is 2.56. The molecule has 0 saturated carbocycles. The van der Waals surface area contributed by atoms with E-state index >= 15 is 0 Å². The van der Waals surface area contributed by atoms with Crippen molar-refractivity contribution in [3.8, 4) is 0 Å². The van der Waals surface area contributed by atoms with Gasteiger partial charge in [-0.15, -0.1) is 0 Å². The van der Waals surface area contributed by atoms with Crippen molar-refractivity contribution in [3.63, 3.8) is 0 Å². The van der Waals surface area contributed by atoms with Gasteiger partial charge in [-0.2, -0.15) is 16.8 Å². The average molecular weight is 429 g/mol. The number of hydrogen-bond donors (Lipinski definition) is 2. The van der Waals surface area contributed by atoms with Crippen LogP contribution < -0.4 is 0 Å². The van der Waals surface area contributed by atoms with Crippen LogP contribution >= 0.6 is 0 Å². The largest absolute Gasteiger partial charge is 0.385 e. The predicted octanol–water partition coefficient (Wildman–Crippen LogP) is 3.16. The number of benzene rings is 2. The zero-order valence-corrected chi connectivity index (χ0v) is 17.5. The van der Waals surface area contributed by atoms with E-state index in [1.807, 2.05) is 0 Å². The quantitative estimate of drug-likeness (QED) is 0.620. The van der Waals surface area contributed by atoms with Crippen LogP contribution in [0.15, 0.2) is 46.2 Å². The molecule has 0 unspecified atom stereocenters. The molecule has 2 aromatic carbocycles. The van der Waals surface area contributed by atoms with Crippen LogP contribution in [-0.2, 0) is 31.4 Å². The van der Waals surface area contributed by atoms with Crippen LogP contribution in [-0.4, -0.2) is 39.7 Å². The van der Waals surface area contributed by atoms with Crippen molar-refractivity contribution < 1.29 is 30.7 Å². The summed E-state index contributed by atoms with van der Waals surface area (Å²) in [6, 6.07) is 9.12. The van der Waals surface area contributed by atoms with Crippen molar-refractivity contribution in [2.24, 2.45) is 0 Å². The summed E-state index contributed by atoms with van der Waals surface area (Å²) < 4.78 is 71.6. The van der Waals surface area contributed by atoms with Gasteiger partial charge in [0.2, 0.25) is 0 Å². The summed E-state index contributed by atoms with van der Waals surface area (Å²) in [6.45, 7) is 3.88. The monoisotopic (exact) mass is 428 g/mol. The predicted molar refractivity (Wildman–Crippen MR) is 105 cm³/mol. The Morgan fingerprint density at radius 1 is 0.893 bits per heavy atom. The standard InChI is InChI=1S/C19H24O7S2/c1-13-4-6-18(27(20,21)22)16(10-13)12-15(8-9-26-3)17-11-14(2)5-7-19(17)28(23,24)25/h4-7,10-11,15H,8-9,12H2,1-3H3,(H,20,21,22)(H,23,24,25)/t15-/m1/s1. The van der Waals surface area contributed by atoms with Crippen molar-refractivity contribution in [2.75, 3.05) is 13.7 Å². The normalized spacial score (nSPS) is 13.5. The number of rotatable bonds is 8. The zero-order chi connectivity index (χ0) is 21.1. The Kier molecular flexibility index (Phi) is 7.00. The Labute approximate surface area is 165 Å². The molecule has 7 nitrogen and oxygen atoms in total. The van der Waals surface area contributed by atoms with Crippen molar-refractivity contribution in [2.45, 2.75) is 42.4 Å². The number of hydrogen-bond acceptors (Lipinski definition) is 5. The molecule has 2 N–H and O–H groups in total. The van der Waals surface area contributed by atoms with E-state index in [1.165, 1.54) is 19.2 Å². The Morgan fingerprint density at radius 2 is 1.43 bits per heavy atom. The smallest absolute Gasteiger partial charge is 0.294 e. The fourth-order valence-electron chi connectivity index (χ4n) is 3.23. The van der Waals surface area contributed by atoms with Crippen molar-refractivity contribution >= 4 is 20.2 Å². The van der Waals surface area contributed by atoms with E-state index in [0.29, 0.717) is 24.2 Å². The van der Waals surface area contributed by atoms with Gasteiger partial charge in [-0.3, -0.25) is 9.11 Å². The van der Waals surface area contributed by atoms with Crippen LogP contribution in [0.1, 0.15) is 34.6 Å². The molecule has 28 heavy (non-hydrogen) atoms. The van der Waals surface area contributed by atoms with Gasteiger partial charge in [0.05, 0.1) is 9.79 Å². The SMILES string of the molecule is COCC[C@H](Cc1cc(C)ccc1S(=O)(=O)O)c1cc(C)ccc1S(=O)(=O)O. The van der Waals surface area contributed by atoms with Gasteiger partial charge in [0.25, 0.3) is 20.2 Å². The van der Waals surface area contributed by atoms with E-state index in [2.05, 4.69) is 0 Å². The molecule has 0 saturated heterocycles. The van der Waals surface area contributed by atoms with Crippen molar-refractivity contribution in [1.29, 1.82) is 0 Å². The summed E-state index contributed by atoms with van der Waals surface area (Å²) in [7, 11) is -7.40. The number of methoxy groups -OCH3 is 1. The van der Waals surface area contributed by atoms with Gasteiger partial charge in [0, 0.05) is 13.7 Å². The minimum atomic E-state index is -4.47. The summed E-state index contributed by atoms with van der Waals surface area (Å²) in [5.41, 5.74) is 2.34. The summed E-state index contributed by atoms with van der Waals surface area (Å²) in [6.07, 6.45) is 0.535. The highest BCUT2D eigenvalue weighted by Gasteiger charge is 2.25. The minimum Gasteiger partial charge on any atom is -0.385 e. The summed E-state index contributed by atoms with van der Waals surface area (Å²) in [4.78, 5) is -0.443. The first-order valence-corrected chi connectivity index (χ1v) is 11.5. The molecule has 0 aliphatic rings. The topological polar surface area (TPSA) is 118 Å². The van der Waals surface area contributed by atoms with Gasteiger partial charge in [0.1, 0.15) is 0 Å². The molecule has 2 rings (SSSR count). The Balaban J connectivity index is 2.63. The van der Waals surface area contributed by atoms with Crippen molar-refractivity contribution in [1.82, 2.24) is 0 Å². The minimum absolute atomic E-state index is 0.145.